The van der Waals surface area contributed by atoms with Crippen LogP contribution in [0, 0.1) is 0 Å². The van der Waals surface area contributed by atoms with Gasteiger partial charge in [-0.3, -0.25) is 15.2 Å². The van der Waals surface area contributed by atoms with Crippen LogP contribution in [0.2, 0.25) is 0 Å². The van der Waals surface area contributed by atoms with E-state index in [2.05, 4.69) is 20.4 Å². The van der Waals surface area contributed by atoms with Gasteiger partial charge < -0.3 is 0 Å². The summed E-state index contributed by atoms with van der Waals surface area (Å²) < 4.78 is 0. The second-order valence-corrected chi connectivity index (χ2v) is 2.95. The third kappa shape index (κ3) is 2.17. The van der Waals surface area contributed by atoms with Crippen molar-refractivity contribution in [1.82, 2.24) is 30.6 Å². The maximum atomic E-state index is 10.9. The van der Waals surface area contributed by atoms with Crippen molar-refractivity contribution in [3.8, 4) is 11.4 Å². The molecule has 0 aliphatic rings. The highest BCUT2D eigenvalue weighted by atomic mass is 16.2. The number of rotatable bonds is 3. The first-order valence-corrected chi connectivity index (χ1v) is 4.47. The van der Waals surface area contributed by atoms with Gasteiger partial charge in [-0.1, -0.05) is 0 Å². The summed E-state index contributed by atoms with van der Waals surface area (Å²) in [4.78, 5) is 16.0. The molecule has 3 N–H and O–H groups in total. The first-order chi connectivity index (χ1) is 7.79. The minimum absolute atomic E-state index is 0.0657. The van der Waals surface area contributed by atoms with Crippen molar-refractivity contribution < 1.29 is 4.79 Å². The van der Waals surface area contributed by atoms with Crippen LogP contribution < -0.4 is 11.3 Å². The summed E-state index contributed by atoms with van der Waals surface area (Å²) in [7, 11) is 0. The molecular weight excluding hydrogens is 210 g/mol. The van der Waals surface area contributed by atoms with Gasteiger partial charge >= 0.3 is 0 Å². The number of nitrogens with zero attached hydrogens (tertiary/aromatic N) is 5. The Hall–Kier alpha value is -2.35. The Balaban J connectivity index is 2.17. The highest BCUT2D eigenvalue weighted by Crippen LogP contribution is 2.09. The topological polar surface area (TPSA) is 112 Å². The summed E-state index contributed by atoms with van der Waals surface area (Å²) in [5, 5.41) is 11.5. The van der Waals surface area contributed by atoms with Gasteiger partial charge in [0.25, 0.3) is 5.91 Å². The molecule has 2 aromatic rings. The first-order valence-electron chi connectivity index (χ1n) is 4.47. The lowest BCUT2D eigenvalue weighted by atomic mass is 10.3. The van der Waals surface area contributed by atoms with Gasteiger partial charge in [0.2, 0.25) is 5.82 Å². The van der Waals surface area contributed by atoms with Crippen molar-refractivity contribution in [1.29, 1.82) is 0 Å². The molecule has 0 aliphatic heterocycles. The van der Waals surface area contributed by atoms with Gasteiger partial charge in [-0.05, 0) is 17.3 Å². The van der Waals surface area contributed by atoms with E-state index in [1.165, 1.54) is 0 Å². The van der Waals surface area contributed by atoms with Crippen molar-refractivity contribution >= 4 is 5.91 Å². The third-order valence-electron chi connectivity index (χ3n) is 1.82. The van der Waals surface area contributed by atoms with Crippen LogP contribution in [0.25, 0.3) is 11.4 Å². The Bertz CT molecular complexity index is 480. The van der Waals surface area contributed by atoms with Crippen molar-refractivity contribution in [3.05, 3.63) is 24.5 Å². The van der Waals surface area contributed by atoms with Crippen LogP contribution in [0.1, 0.15) is 0 Å². The van der Waals surface area contributed by atoms with Gasteiger partial charge in [-0.2, -0.15) is 4.80 Å². The molecule has 0 radical (unpaired) electrons. The Morgan fingerprint density at radius 2 is 2.44 bits per heavy atom. The van der Waals surface area contributed by atoms with Gasteiger partial charge in [-0.15, -0.1) is 10.2 Å². The van der Waals surface area contributed by atoms with Crippen LogP contribution in [-0.4, -0.2) is 31.1 Å². The van der Waals surface area contributed by atoms with Crippen molar-refractivity contribution in [3.63, 3.8) is 0 Å². The predicted octanol–water partition coefficient (Wildman–Crippen LogP) is -1.27. The van der Waals surface area contributed by atoms with Gasteiger partial charge in [0.05, 0.1) is 0 Å². The van der Waals surface area contributed by atoms with Crippen LogP contribution in [0.15, 0.2) is 24.5 Å². The molecule has 2 aromatic heterocycles. The largest absolute Gasteiger partial charge is 0.293 e. The molecule has 2 rings (SSSR count). The molecule has 8 heteroatoms. The third-order valence-corrected chi connectivity index (χ3v) is 1.82. The molecule has 1 amide bonds. The summed E-state index contributed by atoms with van der Waals surface area (Å²) in [6.45, 7) is -0.0657. The molecule has 8 nitrogen and oxygen atoms in total. The predicted molar refractivity (Wildman–Crippen MR) is 53.4 cm³/mol. The maximum Gasteiger partial charge on any atom is 0.257 e. The fourth-order valence-corrected chi connectivity index (χ4v) is 1.09. The van der Waals surface area contributed by atoms with E-state index in [-0.39, 0.29) is 6.54 Å². The fraction of sp³-hybridized carbons (Fsp3) is 0.125. The monoisotopic (exact) mass is 219 g/mol. The number of nitrogens with one attached hydrogen (secondary N) is 1. The van der Waals surface area contributed by atoms with Crippen molar-refractivity contribution in [2.24, 2.45) is 5.84 Å². The van der Waals surface area contributed by atoms with Gasteiger partial charge in [-0.25, -0.2) is 5.84 Å². The van der Waals surface area contributed by atoms with Crippen LogP contribution in [-0.2, 0) is 11.3 Å². The van der Waals surface area contributed by atoms with Crippen LogP contribution in [0.4, 0.5) is 0 Å². The smallest absolute Gasteiger partial charge is 0.257 e. The zero-order valence-electron chi connectivity index (χ0n) is 8.24. The Morgan fingerprint density at radius 1 is 1.56 bits per heavy atom. The second kappa shape index (κ2) is 4.45. The lowest BCUT2D eigenvalue weighted by Crippen LogP contribution is -2.33. The summed E-state index contributed by atoms with van der Waals surface area (Å²) >= 11 is 0. The summed E-state index contributed by atoms with van der Waals surface area (Å²) in [6, 6.07) is 3.57. The SMILES string of the molecule is NNC(=O)Cn1nnc(-c2cccnc2)n1. The zero-order chi connectivity index (χ0) is 11.4. The number of carbonyl (C=O) groups is 1. The van der Waals surface area contributed by atoms with E-state index in [1.54, 1.807) is 24.5 Å². The molecule has 0 atom stereocenters. The lowest BCUT2D eigenvalue weighted by Gasteiger charge is -1.95. The summed E-state index contributed by atoms with van der Waals surface area (Å²) in [6.07, 6.45) is 3.26. The Morgan fingerprint density at radius 3 is 3.12 bits per heavy atom. The molecular formula is C8H9N7O. The number of carbonyl (C=O) groups excluding carboxylic acids is 1. The quantitative estimate of drug-likeness (QED) is 0.378. The average Bonchev–Trinajstić information content (AvgIpc) is 2.78. The number of pyridine rings is 1. The molecule has 0 aliphatic carbocycles. The highest BCUT2D eigenvalue weighted by molar-refractivity contribution is 5.74. The van der Waals surface area contributed by atoms with E-state index in [9.17, 15) is 4.79 Å². The van der Waals surface area contributed by atoms with Gasteiger partial charge in [0.15, 0.2) is 0 Å². The second-order valence-electron chi connectivity index (χ2n) is 2.95. The molecule has 0 aromatic carbocycles. The van der Waals surface area contributed by atoms with Crippen LogP contribution in [0.5, 0.6) is 0 Å². The fourth-order valence-electron chi connectivity index (χ4n) is 1.09. The van der Waals surface area contributed by atoms with Gasteiger partial charge in [0, 0.05) is 18.0 Å². The van der Waals surface area contributed by atoms with Crippen LogP contribution >= 0.6 is 0 Å². The first kappa shape index (κ1) is 10.2. The number of amides is 1. The van der Waals surface area contributed by atoms with E-state index in [0.717, 1.165) is 10.4 Å². The number of hydrogen-bond acceptors (Lipinski definition) is 6. The summed E-state index contributed by atoms with van der Waals surface area (Å²) in [5.41, 5.74) is 2.72. The van der Waals surface area contributed by atoms with E-state index in [4.69, 9.17) is 5.84 Å². The number of tetrazole rings is 1. The highest BCUT2D eigenvalue weighted by Gasteiger charge is 2.07. The number of aromatic nitrogens is 5. The maximum absolute atomic E-state index is 10.9. The molecule has 0 spiro atoms. The molecule has 0 saturated carbocycles. The lowest BCUT2D eigenvalue weighted by molar-refractivity contribution is -0.122. The molecule has 0 unspecified atom stereocenters. The van der Waals surface area contributed by atoms with E-state index in [0.29, 0.717) is 5.82 Å². The average molecular weight is 219 g/mol. The molecule has 0 bridgehead atoms. The van der Waals surface area contributed by atoms with Crippen molar-refractivity contribution in [2.75, 3.05) is 0 Å². The molecule has 0 saturated heterocycles. The minimum Gasteiger partial charge on any atom is -0.293 e. The van der Waals surface area contributed by atoms with Crippen LogP contribution in [0.3, 0.4) is 0 Å². The van der Waals surface area contributed by atoms with E-state index >= 15 is 0 Å². The number of nitrogens with two attached hydrogens (primary N) is 1. The number of hydrazine groups is 1. The summed E-state index contributed by atoms with van der Waals surface area (Å²) in [5.74, 6) is 4.96. The minimum atomic E-state index is -0.393. The standard InChI is InChI=1S/C8H9N7O/c9-11-7(16)5-15-13-8(12-14-15)6-2-1-3-10-4-6/h1-4H,5,9H2,(H,11,16). The normalized spacial score (nSPS) is 10.1. The molecule has 82 valence electrons. The van der Waals surface area contributed by atoms with E-state index < -0.39 is 5.91 Å². The zero-order valence-corrected chi connectivity index (χ0v) is 8.24. The number of hydrogen-bond donors (Lipinski definition) is 2. The van der Waals surface area contributed by atoms with Gasteiger partial charge in [0.1, 0.15) is 6.54 Å². The molecule has 16 heavy (non-hydrogen) atoms. The van der Waals surface area contributed by atoms with E-state index in [1.807, 2.05) is 5.43 Å². The molecule has 0 fully saturated rings. The molecule has 2 heterocycles. The Labute approximate surface area is 90.4 Å². The van der Waals surface area contributed by atoms with Crippen molar-refractivity contribution in [2.45, 2.75) is 6.54 Å². The Kier molecular flexibility index (Phi) is 2.83.